The summed E-state index contributed by atoms with van der Waals surface area (Å²) in [6.45, 7) is 1.90. The van der Waals surface area contributed by atoms with Crippen LogP contribution in [0.15, 0.2) is 48.5 Å². The van der Waals surface area contributed by atoms with Gasteiger partial charge in [-0.15, -0.1) is 0 Å². The lowest BCUT2D eigenvalue weighted by atomic mass is 10.2. The molecule has 2 amide bonds. The second-order valence-corrected chi connectivity index (χ2v) is 6.11. The van der Waals surface area contributed by atoms with E-state index in [1.54, 1.807) is 43.3 Å². The smallest absolute Gasteiger partial charge is 0.434 e. The number of carbonyl (C=O) groups excluding carboxylic acids is 3. The third-order valence-electron chi connectivity index (χ3n) is 3.92. The van der Waals surface area contributed by atoms with Crippen molar-refractivity contribution >= 4 is 29.3 Å². The molecule has 1 aliphatic carbocycles. The van der Waals surface area contributed by atoms with Gasteiger partial charge in [0.1, 0.15) is 5.75 Å². The van der Waals surface area contributed by atoms with Gasteiger partial charge in [0.05, 0.1) is 6.61 Å². The first-order chi connectivity index (χ1) is 13.0. The van der Waals surface area contributed by atoms with E-state index in [0.717, 1.165) is 12.8 Å². The van der Waals surface area contributed by atoms with E-state index >= 15 is 0 Å². The summed E-state index contributed by atoms with van der Waals surface area (Å²) in [6.07, 6.45) is 1.07. The number of nitrogens with one attached hydrogen (secondary N) is 2. The maximum absolute atomic E-state index is 12.4. The van der Waals surface area contributed by atoms with Gasteiger partial charge in [0.2, 0.25) is 5.91 Å². The van der Waals surface area contributed by atoms with Gasteiger partial charge in [0.15, 0.2) is 0 Å². The first-order valence-electron chi connectivity index (χ1n) is 8.72. The fourth-order valence-corrected chi connectivity index (χ4v) is 2.39. The zero-order valence-electron chi connectivity index (χ0n) is 14.9. The van der Waals surface area contributed by atoms with Gasteiger partial charge in [-0.3, -0.25) is 9.59 Å². The molecule has 140 valence electrons. The Balaban J connectivity index is 1.59. The predicted molar refractivity (Wildman–Crippen MR) is 99.8 cm³/mol. The molecule has 0 saturated heterocycles. The van der Waals surface area contributed by atoms with E-state index in [9.17, 15) is 14.4 Å². The molecule has 27 heavy (non-hydrogen) atoms. The van der Waals surface area contributed by atoms with Crippen molar-refractivity contribution in [2.24, 2.45) is 5.92 Å². The molecular weight excluding hydrogens is 348 g/mol. The van der Waals surface area contributed by atoms with E-state index in [2.05, 4.69) is 15.4 Å². The predicted octanol–water partition coefficient (Wildman–Crippen LogP) is 3.82. The van der Waals surface area contributed by atoms with Crippen LogP contribution in [-0.4, -0.2) is 24.6 Å². The fourth-order valence-electron chi connectivity index (χ4n) is 2.39. The fraction of sp³-hybridized carbons (Fsp3) is 0.250. The zero-order chi connectivity index (χ0) is 19.2. The van der Waals surface area contributed by atoms with Crippen LogP contribution in [0, 0.1) is 5.92 Å². The van der Waals surface area contributed by atoms with Crippen LogP contribution in [0.2, 0.25) is 0 Å². The molecule has 0 unspecified atom stereocenters. The molecule has 2 N–H and O–H groups in total. The molecule has 1 fully saturated rings. The monoisotopic (exact) mass is 368 g/mol. The van der Waals surface area contributed by atoms with Gasteiger partial charge >= 0.3 is 6.16 Å². The van der Waals surface area contributed by atoms with Gasteiger partial charge < -0.3 is 20.1 Å². The Morgan fingerprint density at radius 3 is 2.30 bits per heavy atom. The number of ether oxygens (including phenoxy) is 2. The van der Waals surface area contributed by atoms with Crippen molar-refractivity contribution in [2.45, 2.75) is 19.8 Å². The lowest BCUT2D eigenvalue weighted by Crippen LogP contribution is -2.15. The standard InChI is InChI=1S/C20H20N2O5/c1-2-26-20(25)27-17-10-8-14(9-11-17)19(24)22-16-5-3-4-15(12-16)21-18(23)13-6-7-13/h3-5,8-13H,2,6-7H2,1H3,(H,21,23)(H,22,24). The average Bonchev–Trinajstić information content (AvgIpc) is 3.48. The first-order valence-corrected chi connectivity index (χ1v) is 8.72. The number of anilines is 2. The lowest BCUT2D eigenvalue weighted by molar-refractivity contribution is -0.117. The number of hydrogen-bond donors (Lipinski definition) is 2. The average molecular weight is 368 g/mol. The highest BCUT2D eigenvalue weighted by molar-refractivity contribution is 6.04. The summed E-state index contributed by atoms with van der Waals surface area (Å²) in [6, 6.07) is 13.1. The Morgan fingerprint density at radius 2 is 1.67 bits per heavy atom. The Morgan fingerprint density at radius 1 is 1.00 bits per heavy atom. The van der Waals surface area contributed by atoms with Crippen LogP contribution in [0.5, 0.6) is 5.75 Å². The van der Waals surface area contributed by atoms with Crippen LogP contribution in [0.25, 0.3) is 0 Å². The van der Waals surface area contributed by atoms with E-state index in [1.165, 1.54) is 12.1 Å². The number of benzene rings is 2. The van der Waals surface area contributed by atoms with Crippen molar-refractivity contribution in [1.82, 2.24) is 0 Å². The molecule has 0 heterocycles. The Hall–Kier alpha value is -3.35. The lowest BCUT2D eigenvalue weighted by Gasteiger charge is -2.09. The van der Waals surface area contributed by atoms with Gasteiger partial charge in [0.25, 0.3) is 5.91 Å². The highest BCUT2D eigenvalue weighted by Crippen LogP contribution is 2.30. The molecule has 0 bridgehead atoms. The summed E-state index contributed by atoms with van der Waals surface area (Å²) in [5, 5.41) is 5.62. The summed E-state index contributed by atoms with van der Waals surface area (Å²) in [5.74, 6) is 0.0902. The summed E-state index contributed by atoms with van der Waals surface area (Å²) >= 11 is 0. The SMILES string of the molecule is CCOC(=O)Oc1ccc(C(=O)Nc2cccc(NC(=O)C3CC3)c2)cc1. The number of amides is 2. The Bertz CT molecular complexity index is 844. The molecule has 0 radical (unpaired) electrons. The van der Waals surface area contributed by atoms with E-state index in [0.29, 0.717) is 16.9 Å². The third kappa shape index (κ3) is 5.31. The van der Waals surface area contributed by atoms with E-state index in [4.69, 9.17) is 4.74 Å². The van der Waals surface area contributed by atoms with Crippen LogP contribution in [0.4, 0.5) is 16.2 Å². The highest BCUT2D eigenvalue weighted by atomic mass is 16.7. The minimum Gasteiger partial charge on any atom is -0.434 e. The maximum Gasteiger partial charge on any atom is 0.513 e. The highest BCUT2D eigenvalue weighted by Gasteiger charge is 2.29. The number of rotatable bonds is 6. The molecule has 7 heteroatoms. The minimum atomic E-state index is -0.792. The first kappa shape index (κ1) is 18.4. The zero-order valence-corrected chi connectivity index (χ0v) is 14.9. The quantitative estimate of drug-likeness (QED) is 0.597. The van der Waals surface area contributed by atoms with Gasteiger partial charge in [-0.25, -0.2) is 4.79 Å². The molecule has 7 nitrogen and oxygen atoms in total. The van der Waals surface area contributed by atoms with Crippen LogP contribution in [-0.2, 0) is 9.53 Å². The van der Waals surface area contributed by atoms with E-state index in [-0.39, 0.29) is 30.1 Å². The molecule has 0 aromatic heterocycles. The van der Waals surface area contributed by atoms with Gasteiger partial charge in [-0.05, 0) is 62.2 Å². The maximum atomic E-state index is 12.4. The van der Waals surface area contributed by atoms with Crippen LogP contribution in [0.3, 0.4) is 0 Å². The van der Waals surface area contributed by atoms with Crippen molar-refractivity contribution in [3.05, 3.63) is 54.1 Å². The molecule has 0 spiro atoms. The molecule has 1 aliphatic rings. The number of carbonyl (C=O) groups is 3. The summed E-state index contributed by atoms with van der Waals surface area (Å²) < 4.78 is 9.64. The summed E-state index contributed by atoms with van der Waals surface area (Å²) in [5.41, 5.74) is 1.61. The largest absolute Gasteiger partial charge is 0.513 e. The molecule has 0 aliphatic heterocycles. The van der Waals surface area contributed by atoms with Crippen LogP contribution in [0.1, 0.15) is 30.1 Å². The molecule has 0 atom stereocenters. The molecule has 2 aromatic carbocycles. The van der Waals surface area contributed by atoms with Crippen molar-refractivity contribution in [3.8, 4) is 5.75 Å². The summed E-state index contributed by atoms with van der Waals surface area (Å²) in [7, 11) is 0. The molecule has 1 saturated carbocycles. The third-order valence-corrected chi connectivity index (χ3v) is 3.92. The van der Waals surface area contributed by atoms with E-state index < -0.39 is 6.16 Å². The van der Waals surface area contributed by atoms with Gasteiger partial charge in [-0.1, -0.05) is 6.07 Å². The normalized spacial score (nSPS) is 12.8. The molecule has 3 rings (SSSR count). The molecular formula is C20H20N2O5. The Kier molecular flexibility index (Phi) is 5.71. The number of hydrogen-bond acceptors (Lipinski definition) is 5. The van der Waals surface area contributed by atoms with Crippen molar-refractivity contribution in [2.75, 3.05) is 17.2 Å². The topological polar surface area (TPSA) is 93.7 Å². The second kappa shape index (κ2) is 8.35. The Labute approximate surface area is 156 Å². The summed E-state index contributed by atoms with van der Waals surface area (Å²) in [4.78, 5) is 35.5. The van der Waals surface area contributed by atoms with Gasteiger partial charge in [-0.2, -0.15) is 0 Å². The van der Waals surface area contributed by atoms with Crippen molar-refractivity contribution < 1.29 is 23.9 Å². The second-order valence-electron chi connectivity index (χ2n) is 6.11. The van der Waals surface area contributed by atoms with Crippen molar-refractivity contribution in [1.29, 1.82) is 0 Å². The minimum absolute atomic E-state index is 0.00988. The molecule has 2 aromatic rings. The van der Waals surface area contributed by atoms with Crippen LogP contribution < -0.4 is 15.4 Å². The van der Waals surface area contributed by atoms with Crippen molar-refractivity contribution in [3.63, 3.8) is 0 Å². The van der Waals surface area contributed by atoms with E-state index in [1.807, 2.05) is 0 Å². The van der Waals surface area contributed by atoms with Gasteiger partial charge in [0, 0.05) is 22.9 Å². The van der Waals surface area contributed by atoms with Crippen LogP contribution >= 0.6 is 0 Å².